The van der Waals surface area contributed by atoms with Gasteiger partial charge in [0.1, 0.15) is 5.75 Å². The predicted molar refractivity (Wildman–Crippen MR) is 58.3 cm³/mol. The molecule has 3 nitrogen and oxygen atoms in total. The van der Waals surface area contributed by atoms with E-state index in [1.165, 1.54) is 0 Å². The smallest absolute Gasteiger partial charge is 0.168 e. The first-order chi connectivity index (χ1) is 6.00. The molecule has 5 heteroatoms. The lowest BCUT2D eigenvalue weighted by Crippen LogP contribution is -2.19. The van der Waals surface area contributed by atoms with Gasteiger partial charge in [-0.05, 0) is 36.8 Å². The zero-order valence-corrected chi connectivity index (χ0v) is 8.54. The Morgan fingerprint density at radius 2 is 2.23 bits per heavy atom. The highest BCUT2D eigenvalue weighted by molar-refractivity contribution is 7.80. The molecule has 0 aliphatic carbocycles. The number of nitrogens with one attached hydrogen (secondary N) is 1. The molecule has 0 unspecified atom stereocenters. The average Bonchev–Trinajstić information content (AvgIpc) is 1.98. The molecule has 0 saturated heterocycles. The summed E-state index contributed by atoms with van der Waals surface area (Å²) < 4.78 is 0. The maximum absolute atomic E-state index is 9.53. The van der Waals surface area contributed by atoms with E-state index in [1.54, 1.807) is 19.1 Å². The Bertz CT molecular complexity index is 354. The number of thiocarbonyl (C=S) groups is 1. The summed E-state index contributed by atoms with van der Waals surface area (Å²) in [5.41, 5.74) is 6.36. The number of benzene rings is 1. The third-order valence-corrected chi connectivity index (χ3v) is 1.84. The maximum Gasteiger partial charge on any atom is 0.168 e. The second kappa shape index (κ2) is 3.81. The molecule has 1 aromatic rings. The largest absolute Gasteiger partial charge is 0.505 e. The first-order valence-corrected chi connectivity index (χ1v) is 4.35. The standard InChI is InChI=1S/C8H9ClN2OS/c1-4-2-5(9)3-6(7(4)12)11-8(10)13/h2-3,12H,1H3,(H3,10,11,13). The van der Waals surface area contributed by atoms with Crippen LogP contribution in [0.3, 0.4) is 0 Å². The molecule has 0 aliphatic rings. The molecule has 0 bridgehead atoms. The minimum Gasteiger partial charge on any atom is -0.505 e. The third kappa shape index (κ3) is 2.47. The number of hydrogen-bond donors (Lipinski definition) is 3. The minimum absolute atomic E-state index is 0.0944. The van der Waals surface area contributed by atoms with Crippen molar-refractivity contribution in [1.29, 1.82) is 0 Å². The molecule has 0 amide bonds. The molecule has 13 heavy (non-hydrogen) atoms. The fourth-order valence-electron chi connectivity index (χ4n) is 0.964. The van der Waals surface area contributed by atoms with Crippen LogP contribution in [0.2, 0.25) is 5.02 Å². The number of phenolic OH excluding ortho intramolecular Hbond substituents is 1. The van der Waals surface area contributed by atoms with Gasteiger partial charge in [-0.15, -0.1) is 0 Å². The van der Waals surface area contributed by atoms with Crippen LogP contribution in [0.4, 0.5) is 5.69 Å². The van der Waals surface area contributed by atoms with Crippen LogP contribution in [-0.4, -0.2) is 10.2 Å². The molecule has 70 valence electrons. The van der Waals surface area contributed by atoms with Crippen LogP contribution < -0.4 is 11.1 Å². The molecule has 0 heterocycles. The van der Waals surface area contributed by atoms with Crippen molar-refractivity contribution in [1.82, 2.24) is 0 Å². The molecule has 4 N–H and O–H groups in total. The molecular weight excluding hydrogens is 208 g/mol. The minimum atomic E-state index is 0.0944. The zero-order valence-electron chi connectivity index (χ0n) is 6.97. The van der Waals surface area contributed by atoms with Gasteiger partial charge in [-0.3, -0.25) is 0 Å². The van der Waals surface area contributed by atoms with E-state index in [4.69, 9.17) is 17.3 Å². The number of aryl methyl sites for hydroxylation is 1. The van der Waals surface area contributed by atoms with Crippen molar-refractivity contribution in [3.63, 3.8) is 0 Å². The molecule has 1 aromatic carbocycles. The highest BCUT2D eigenvalue weighted by Crippen LogP contribution is 2.30. The summed E-state index contributed by atoms with van der Waals surface area (Å²) in [6, 6.07) is 3.21. The monoisotopic (exact) mass is 216 g/mol. The molecule has 0 fully saturated rings. The van der Waals surface area contributed by atoms with E-state index in [9.17, 15) is 5.11 Å². The summed E-state index contributed by atoms with van der Waals surface area (Å²) >= 11 is 10.4. The second-order valence-electron chi connectivity index (χ2n) is 2.61. The number of nitrogens with two attached hydrogens (primary N) is 1. The topological polar surface area (TPSA) is 58.3 Å². The van der Waals surface area contributed by atoms with E-state index in [1.807, 2.05) is 0 Å². The van der Waals surface area contributed by atoms with Crippen LogP contribution in [0.5, 0.6) is 5.75 Å². The summed E-state index contributed by atoms with van der Waals surface area (Å²) in [7, 11) is 0. The van der Waals surface area contributed by atoms with Gasteiger partial charge in [-0.2, -0.15) is 0 Å². The van der Waals surface area contributed by atoms with Crippen LogP contribution in [-0.2, 0) is 0 Å². The predicted octanol–water partition coefficient (Wildman–Crippen LogP) is 2.01. The van der Waals surface area contributed by atoms with Crippen molar-refractivity contribution >= 4 is 34.6 Å². The maximum atomic E-state index is 9.53. The number of rotatable bonds is 1. The summed E-state index contributed by atoms with van der Waals surface area (Å²) in [4.78, 5) is 0. The van der Waals surface area contributed by atoms with Crippen molar-refractivity contribution in [2.75, 3.05) is 5.32 Å². The molecular formula is C8H9ClN2OS. The third-order valence-electron chi connectivity index (χ3n) is 1.52. The number of halogens is 1. The molecule has 0 saturated carbocycles. The molecule has 0 spiro atoms. The highest BCUT2D eigenvalue weighted by Gasteiger charge is 2.05. The average molecular weight is 217 g/mol. The fourth-order valence-corrected chi connectivity index (χ4v) is 1.35. The summed E-state index contributed by atoms with van der Waals surface area (Å²) in [5, 5.41) is 12.8. The number of hydrogen-bond acceptors (Lipinski definition) is 2. The Hall–Kier alpha value is -1.00. The van der Waals surface area contributed by atoms with Gasteiger partial charge < -0.3 is 16.2 Å². The Morgan fingerprint density at radius 1 is 1.62 bits per heavy atom. The Morgan fingerprint density at radius 3 is 2.77 bits per heavy atom. The van der Waals surface area contributed by atoms with Gasteiger partial charge in [0, 0.05) is 5.02 Å². The summed E-state index contributed by atoms with van der Waals surface area (Å²) in [6.45, 7) is 1.74. The van der Waals surface area contributed by atoms with E-state index >= 15 is 0 Å². The first-order valence-electron chi connectivity index (χ1n) is 3.56. The first kappa shape index (κ1) is 10.1. The van der Waals surface area contributed by atoms with Gasteiger partial charge in [-0.25, -0.2) is 0 Å². The second-order valence-corrected chi connectivity index (χ2v) is 3.48. The molecule has 1 rings (SSSR count). The quantitative estimate of drug-likeness (QED) is 0.497. The SMILES string of the molecule is Cc1cc(Cl)cc(NC(N)=S)c1O. The van der Waals surface area contributed by atoms with Crippen molar-refractivity contribution in [2.45, 2.75) is 6.92 Å². The lowest BCUT2D eigenvalue weighted by molar-refractivity contribution is 0.473. The van der Waals surface area contributed by atoms with Crippen molar-refractivity contribution in [2.24, 2.45) is 5.73 Å². The number of anilines is 1. The molecule has 0 aromatic heterocycles. The lowest BCUT2D eigenvalue weighted by Gasteiger charge is -2.08. The van der Waals surface area contributed by atoms with E-state index in [-0.39, 0.29) is 10.9 Å². The van der Waals surface area contributed by atoms with Gasteiger partial charge in [0.15, 0.2) is 5.11 Å². The van der Waals surface area contributed by atoms with Crippen LogP contribution in [0.25, 0.3) is 0 Å². The van der Waals surface area contributed by atoms with Crippen LogP contribution in [0, 0.1) is 6.92 Å². The Kier molecular flexibility index (Phi) is 2.95. The normalized spacial score (nSPS) is 9.69. The zero-order chi connectivity index (χ0) is 10.0. The van der Waals surface area contributed by atoms with Crippen molar-refractivity contribution < 1.29 is 5.11 Å². The molecule has 0 atom stereocenters. The summed E-state index contributed by atoms with van der Waals surface area (Å²) in [5.74, 6) is 0.109. The van der Waals surface area contributed by atoms with Gasteiger partial charge >= 0.3 is 0 Å². The van der Waals surface area contributed by atoms with Gasteiger partial charge in [0.25, 0.3) is 0 Å². The van der Waals surface area contributed by atoms with Crippen molar-refractivity contribution in [3.8, 4) is 5.75 Å². The van der Waals surface area contributed by atoms with Crippen molar-refractivity contribution in [3.05, 3.63) is 22.7 Å². The summed E-state index contributed by atoms with van der Waals surface area (Å²) in [6.07, 6.45) is 0. The van der Waals surface area contributed by atoms with Crippen LogP contribution >= 0.6 is 23.8 Å². The molecule has 0 radical (unpaired) electrons. The molecule has 0 aliphatic heterocycles. The lowest BCUT2D eigenvalue weighted by atomic mass is 10.2. The Labute approximate surface area is 86.5 Å². The van der Waals surface area contributed by atoms with E-state index in [0.29, 0.717) is 16.3 Å². The van der Waals surface area contributed by atoms with Gasteiger partial charge in [0.05, 0.1) is 5.69 Å². The fraction of sp³-hybridized carbons (Fsp3) is 0.125. The highest BCUT2D eigenvalue weighted by atomic mass is 35.5. The van der Waals surface area contributed by atoms with Gasteiger partial charge in [-0.1, -0.05) is 11.6 Å². The van der Waals surface area contributed by atoms with Crippen LogP contribution in [0.15, 0.2) is 12.1 Å². The number of phenols is 1. The van der Waals surface area contributed by atoms with E-state index in [0.717, 1.165) is 0 Å². The Balaban J connectivity index is 3.12. The van der Waals surface area contributed by atoms with Gasteiger partial charge in [0.2, 0.25) is 0 Å². The van der Waals surface area contributed by atoms with Crippen LogP contribution in [0.1, 0.15) is 5.56 Å². The number of aromatic hydroxyl groups is 1. The van der Waals surface area contributed by atoms with E-state index < -0.39 is 0 Å². The van der Waals surface area contributed by atoms with E-state index in [2.05, 4.69) is 17.5 Å².